The number of hydrogen-bond donors (Lipinski definition) is 1. The molecule has 0 bridgehead atoms. The molecule has 0 radical (unpaired) electrons. The Hall–Kier alpha value is -2.51. The van der Waals surface area contributed by atoms with Gasteiger partial charge in [-0.3, -0.25) is 5.32 Å². The van der Waals surface area contributed by atoms with Crippen molar-refractivity contribution in [2.24, 2.45) is 0 Å². The smallest absolute Gasteiger partial charge is 0.122 e. The van der Waals surface area contributed by atoms with Gasteiger partial charge in [-0.15, -0.1) is 0 Å². The van der Waals surface area contributed by atoms with E-state index in [1.165, 1.54) is 0 Å². The molecule has 0 aliphatic heterocycles. The molecule has 1 N–H and O–H groups in total. The highest BCUT2D eigenvalue weighted by Crippen LogP contribution is 2.26. The molecule has 2 rings (SSSR count). The second kappa shape index (κ2) is 7.32. The average molecular weight is 282 g/mol. The highest BCUT2D eigenvalue weighted by atomic mass is 16.5. The molecule has 2 aromatic carbocycles. The predicted octanol–water partition coefficient (Wildman–Crippen LogP) is 3.06. The highest BCUT2D eigenvalue weighted by molar-refractivity contribution is 5.41. The van der Waals surface area contributed by atoms with Crippen LogP contribution in [0.5, 0.6) is 11.5 Å². The second-order valence-corrected chi connectivity index (χ2v) is 4.57. The summed E-state index contributed by atoms with van der Waals surface area (Å²) in [6.45, 7) is 0.624. The Morgan fingerprint density at radius 3 is 2.19 bits per heavy atom. The van der Waals surface area contributed by atoms with Gasteiger partial charge >= 0.3 is 0 Å². The number of benzene rings is 2. The maximum Gasteiger partial charge on any atom is 0.122 e. The van der Waals surface area contributed by atoms with E-state index in [1.807, 2.05) is 42.5 Å². The molecule has 0 heterocycles. The summed E-state index contributed by atoms with van der Waals surface area (Å²) >= 11 is 0. The summed E-state index contributed by atoms with van der Waals surface area (Å²) in [6, 6.07) is 17.3. The van der Waals surface area contributed by atoms with Crippen molar-refractivity contribution in [1.29, 1.82) is 5.26 Å². The Kier molecular flexibility index (Phi) is 5.19. The van der Waals surface area contributed by atoms with Gasteiger partial charge < -0.3 is 9.47 Å². The van der Waals surface area contributed by atoms with E-state index in [9.17, 15) is 5.26 Å². The van der Waals surface area contributed by atoms with Crippen molar-refractivity contribution in [3.05, 3.63) is 59.7 Å². The first-order valence-electron chi connectivity index (χ1n) is 6.66. The third kappa shape index (κ3) is 3.98. The largest absolute Gasteiger partial charge is 0.497 e. The van der Waals surface area contributed by atoms with Gasteiger partial charge in [-0.2, -0.15) is 5.26 Å². The second-order valence-electron chi connectivity index (χ2n) is 4.57. The van der Waals surface area contributed by atoms with E-state index in [4.69, 9.17) is 9.47 Å². The molecule has 0 aromatic heterocycles. The molecule has 0 saturated carbocycles. The fourth-order valence-electron chi connectivity index (χ4n) is 2.05. The fraction of sp³-hybridized carbons (Fsp3) is 0.235. The maximum atomic E-state index is 9.39. The number of rotatable bonds is 6. The lowest BCUT2D eigenvalue weighted by atomic mass is 10.1. The number of nitrogens with zero attached hydrogens (tertiary/aromatic N) is 1. The summed E-state index contributed by atoms with van der Waals surface area (Å²) in [6.07, 6.45) is 0. The van der Waals surface area contributed by atoms with Gasteiger partial charge in [0.15, 0.2) is 0 Å². The van der Waals surface area contributed by atoms with Gasteiger partial charge in [-0.1, -0.05) is 30.3 Å². The fourth-order valence-corrected chi connectivity index (χ4v) is 2.05. The van der Waals surface area contributed by atoms with Crippen LogP contribution in [0.15, 0.2) is 48.5 Å². The summed E-state index contributed by atoms with van der Waals surface area (Å²) in [7, 11) is 3.19. The number of nitriles is 1. The zero-order valence-corrected chi connectivity index (χ0v) is 12.2. The molecule has 0 fully saturated rings. The Bertz CT molecular complexity index is 598. The molecule has 0 spiro atoms. The zero-order chi connectivity index (χ0) is 15.1. The Labute approximate surface area is 124 Å². The maximum absolute atomic E-state index is 9.39. The minimum Gasteiger partial charge on any atom is -0.497 e. The Morgan fingerprint density at radius 1 is 1.05 bits per heavy atom. The van der Waals surface area contributed by atoms with E-state index in [1.54, 1.807) is 20.3 Å². The van der Waals surface area contributed by atoms with Crippen LogP contribution in [0.3, 0.4) is 0 Å². The van der Waals surface area contributed by atoms with E-state index < -0.39 is 6.04 Å². The van der Waals surface area contributed by atoms with E-state index in [2.05, 4.69) is 11.4 Å². The normalized spacial score (nSPS) is 11.5. The van der Waals surface area contributed by atoms with Crippen LogP contribution in [-0.4, -0.2) is 14.2 Å². The molecule has 0 aliphatic carbocycles. The molecule has 21 heavy (non-hydrogen) atoms. The zero-order valence-electron chi connectivity index (χ0n) is 12.2. The van der Waals surface area contributed by atoms with Crippen LogP contribution in [0.1, 0.15) is 17.2 Å². The van der Waals surface area contributed by atoms with Gasteiger partial charge in [0.2, 0.25) is 0 Å². The predicted molar refractivity (Wildman–Crippen MR) is 81.2 cm³/mol. The number of methoxy groups -OCH3 is 2. The van der Waals surface area contributed by atoms with Gasteiger partial charge in [0.25, 0.3) is 0 Å². The monoisotopic (exact) mass is 282 g/mol. The lowest BCUT2D eigenvalue weighted by molar-refractivity contribution is 0.392. The van der Waals surface area contributed by atoms with E-state index in [0.29, 0.717) is 18.0 Å². The summed E-state index contributed by atoms with van der Waals surface area (Å²) < 4.78 is 10.5. The first kappa shape index (κ1) is 14.9. The van der Waals surface area contributed by atoms with Crippen molar-refractivity contribution in [3.8, 4) is 17.6 Å². The average Bonchev–Trinajstić information content (AvgIpc) is 2.56. The standard InChI is InChI=1S/C17H18N2O2/c1-20-15-8-14(9-16(10-15)21-2)17(11-18)19-12-13-6-4-3-5-7-13/h3-10,17,19H,12H2,1-2H3. The van der Waals surface area contributed by atoms with Gasteiger partial charge in [-0.25, -0.2) is 0 Å². The van der Waals surface area contributed by atoms with Gasteiger partial charge in [0, 0.05) is 12.6 Å². The van der Waals surface area contributed by atoms with Crippen LogP contribution in [0.25, 0.3) is 0 Å². The van der Waals surface area contributed by atoms with Crippen LogP contribution in [0.2, 0.25) is 0 Å². The third-order valence-corrected chi connectivity index (χ3v) is 3.19. The molecule has 108 valence electrons. The van der Waals surface area contributed by atoms with Crippen molar-refractivity contribution in [1.82, 2.24) is 5.32 Å². The first-order valence-corrected chi connectivity index (χ1v) is 6.66. The van der Waals surface area contributed by atoms with Crippen LogP contribution in [0, 0.1) is 11.3 Å². The molecular weight excluding hydrogens is 264 g/mol. The number of hydrogen-bond acceptors (Lipinski definition) is 4. The number of ether oxygens (including phenoxy) is 2. The van der Waals surface area contributed by atoms with Crippen LogP contribution >= 0.6 is 0 Å². The molecule has 1 unspecified atom stereocenters. The number of nitrogens with one attached hydrogen (secondary N) is 1. The lowest BCUT2D eigenvalue weighted by Gasteiger charge is -2.14. The van der Waals surface area contributed by atoms with E-state index >= 15 is 0 Å². The molecule has 0 saturated heterocycles. The summed E-state index contributed by atoms with van der Waals surface area (Å²) in [5.41, 5.74) is 1.96. The molecule has 1 atom stereocenters. The van der Waals surface area contributed by atoms with Crippen molar-refractivity contribution in [2.75, 3.05) is 14.2 Å². The summed E-state index contributed by atoms with van der Waals surface area (Å²) in [4.78, 5) is 0. The van der Waals surface area contributed by atoms with Gasteiger partial charge in [-0.05, 0) is 23.3 Å². The Morgan fingerprint density at radius 2 is 1.67 bits per heavy atom. The van der Waals surface area contributed by atoms with Gasteiger partial charge in [0.1, 0.15) is 17.5 Å². The van der Waals surface area contributed by atoms with Crippen LogP contribution in [-0.2, 0) is 6.54 Å². The minimum absolute atomic E-state index is 0.422. The SMILES string of the molecule is COc1cc(OC)cc(C(C#N)NCc2ccccc2)c1. The van der Waals surface area contributed by atoms with E-state index in [-0.39, 0.29) is 0 Å². The molecule has 4 nitrogen and oxygen atoms in total. The first-order chi connectivity index (χ1) is 10.3. The summed E-state index contributed by atoms with van der Waals surface area (Å²) in [5, 5.41) is 12.6. The lowest BCUT2D eigenvalue weighted by Crippen LogP contribution is -2.19. The molecular formula is C17H18N2O2. The quantitative estimate of drug-likeness (QED) is 0.884. The van der Waals surface area contributed by atoms with Crippen molar-refractivity contribution >= 4 is 0 Å². The van der Waals surface area contributed by atoms with E-state index in [0.717, 1.165) is 11.1 Å². The molecule has 0 amide bonds. The molecule has 0 aliphatic rings. The minimum atomic E-state index is -0.422. The van der Waals surface area contributed by atoms with Crippen molar-refractivity contribution in [2.45, 2.75) is 12.6 Å². The van der Waals surface area contributed by atoms with Crippen molar-refractivity contribution in [3.63, 3.8) is 0 Å². The Balaban J connectivity index is 2.15. The van der Waals surface area contributed by atoms with Crippen LogP contribution in [0.4, 0.5) is 0 Å². The highest BCUT2D eigenvalue weighted by Gasteiger charge is 2.13. The van der Waals surface area contributed by atoms with Crippen LogP contribution < -0.4 is 14.8 Å². The third-order valence-electron chi connectivity index (χ3n) is 3.19. The molecule has 2 aromatic rings. The summed E-state index contributed by atoms with van der Waals surface area (Å²) in [5.74, 6) is 1.34. The van der Waals surface area contributed by atoms with Crippen molar-refractivity contribution < 1.29 is 9.47 Å². The topological polar surface area (TPSA) is 54.3 Å². The van der Waals surface area contributed by atoms with Gasteiger partial charge in [0.05, 0.1) is 20.3 Å². The molecule has 4 heteroatoms.